The summed E-state index contributed by atoms with van der Waals surface area (Å²) >= 11 is 0. The van der Waals surface area contributed by atoms with Crippen LogP contribution in [0.25, 0.3) is 65.5 Å². The van der Waals surface area contributed by atoms with Crippen molar-refractivity contribution in [2.75, 3.05) is 9.80 Å². The minimum Gasteiger partial charge on any atom is -0.342 e. The van der Waals surface area contributed by atoms with E-state index in [-0.39, 0.29) is 5.41 Å². The van der Waals surface area contributed by atoms with Crippen LogP contribution in [0.15, 0.2) is 194 Å². The number of benzene rings is 9. The molecule has 12 rings (SSSR count). The zero-order valence-corrected chi connectivity index (χ0v) is 34.8. The van der Waals surface area contributed by atoms with E-state index in [9.17, 15) is 0 Å². The van der Waals surface area contributed by atoms with Gasteiger partial charge in [-0.2, -0.15) is 0 Å². The maximum Gasteiger partial charge on any atom is 0.0733 e. The van der Waals surface area contributed by atoms with Gasteiger partial charge >= 0.3 is 0 Å². The molecule has 9 aromatic carbocycles. The molecule has 0 spiro atoms. The molecule has 0 amide bonds. The molecule has 4 heteroatoms. The molecular weight excluding hydrogens is 741 g/mol. The Kier molecular flexibility index (Phi) is 7.67. The van der Waals surface area contributed by atoms with Crippen LogP contribution in [0.4, 0.5) is 34.1 Å². The number of hydrogen-bond acceptors (Lipinski definition) is 2. The molecule has 0 radical (unpaired) electrons. The first-order valence-electron chi connectivity index (χ1n) is 21.2. The minimum absolute atomic E-state index is 0.304. The fourth-order valence-electron chi connectivity index (χ4n) is 10.7. The third kappa shape index (κ3) is 5.06. The summed E-state index contributed by atoms with van der Waals surface area (Å²) in [5.74, 6) is 0. The number of hydrogen-bond donors (Lipinski definition) is 0. The quantitative estimate of drug-likeness (QED) is 0.167. The van der Waals surface area contributed by atoms with Crippen LogP contribution < -0.4 is 9.80 Å². The first-order chi connectivity index (χ1) is 29.9. The largest absolute Gasteiger partial charge is 0.342 e. The molecule has 0 atom stereocenters. The predicted molar refractivity (Wildman–Crippen MR) is 259 cm³/mol. The van der Waals surface area contributed by atoms with Crippen molar-refractivity contribution in [3.05, 3.63) is 205 Å². The van der Waals surface area contributed by atoms with Gasteiger partial charge in [0.05, 0.1) is 28.1 Å². The van der Waals surface area contributed by atoms with Crippen LogP contribution in [0, 0.1) is 0 Å². The van der Waals surface area contributed by atoms with E-state index in [0.29, 0.717) is 0 Å². The van der Waals surface area contributed by atoms with Gasteiger partial charge in [-0.15, -0.1) is 0 Å². The lowest BCUT2D eigenvalue weighted by molar-refractivity contribution is 0.661. The zero-order valence-electron chi connectivity index (χ0n) is 34.8. The summed E-state index contributed by atoms with van der Waals surface area (Å²) < 4.78 is 4.77. The predicted octanol–water partition coefficient (Wildman–Crippen LogP) is 15.4. The lowest BCUT2D eigenvalue weighted by atomic mass is 9.81. The zero-order chi connectivity index (χ0) is 41.0. The van der Waals surface area contributed by atoms with Crippen molar-refractivity contribution in [3.63, 3.8) is 0 Å². The summed E-state index contributed by atoms with van der Waals surface area (Å²) in [7, 11) is 4.44. The average molecular weight is 785 g/mol. The molecule has 0 fully saturated rings. The Morgan fingerprint density at radius 3 is 1.39 bits per heavy atom. The van der Waals surface area contributed by atoms with Gasteiger partial charge in [-0.05, 0) is 94.4 Å². The van der Waals surface area contributed by atoms with Crippen LogP contribution in [-0.2, 0) is 19.5 Å². The Bertz CT molecular complexity index is 3380. The van der Waals surface area contributed by atoms with Crippen molar-refractivity contribution in [2.24, 2.45) is 14.1 Å². The Balaban J connectivity index is 1.15. The summed E-state index contributed by atoms with van der Waals surface area (Å²) in [6, 6.07) is 71.4. The van der Waals surface area contributed by atoms with E-state index in [2.05, 4.69) is 241 Å². The molecular formula is C57H44N4. The van der Waals surface area contributed by atoms with Gasteiger partial charge in [-0.1, -0.05) is 141 Å². The number of nitrogens with zero attached hydrogens (tertiary/aromatic N) is 4. The van der Waals surface area contributed by atoms with Crippen molar-refractivity contribution in [2.45, 2.75) is 19.3 Å². The smallest absolute Gasteiger partial charge is 0.0733 e. The second-order valence-corrected chi connectivity index (χ2v) is 17.1. The van der Waals surface area contributed by atoms with E-state index in [1.54, 1.807) is 0 Å². The second kappa shape index (κ2) is 13.2. The molecule has 11 aromatic rings. The highest BCUT2D eigenvalue weighted by Crippen LogP contribution is 2.57. The number of rotatable bonds is 6. The molecule has 0 bridgehead atoms. The number of aromatic nitrogens is 2. The summed E-state index contributed by atoms with van der Waals surface area (Å²) in [6.45, 7) is 4.82. The molecule has 1 aliphatic rings. The van der Waals surface area contributed by atoms with Crippen molar-refractivity contribution in [3.8, 4) is 11.1 Å². The molecule has 0 aliphatic heterocycles. The third-order valence-electron chi connectivity index (χ3n) is 13.5. The van der Waals surface area contributed by atoms with Gasteiger partial charge in [-0.25, -0.2) is 0 Å². The normalized spacial score (nSPS) is 13.0. The van der Waals surface area contributed by atoms with Crippen molar-refractivity contribution >= 4 is 88.5 Å². The van der Waals surface area contributed by atoms with Crippen molar-refractivity contribution < 1.29 is 0 Å². The van der Waals surface area contributed by atoms with Crippen LogP contribution >= 0.6 is 0 Å². The highest BCUT2D eigenvalue weighted by atomic mass is 15.2. The summed E-state index contributed by atoms with van der Waals surface area (Å²) in [5.41, 5.74) is 16.7. The molecule has 0 saturated carbocycles. The van der Waals surface area contributed by atoms with E-state index >= 15 is 0 Å². The van der Waals surface area contributed by atoms with Gasteiger partial charge in [0.1, 0.15) is 0 Å². The summed E-state index contributed by atoms with van der Waals surface area (Å²) in [6.07, 6.45) is 0. The lowest BCUT2D eigenvalue weighted by Crippen LogP contribution is -2.18. The fraction of sp³-hybridized carbons (Fsp3) is 0.0877. The lowest BCUT2D eigenvalue weighted by Gasteiger charge is -2.31. The van der Waals surface area contributed by atoms with E-state index in [0.717, 1.165) is 28.4 Å². The molecule has 1 aliphatic carbocycles. The molecule has 4 nitrogen and oxygen atoms in total. The molecule has 61 heavy (non-hydrogen) atoms. The standard InChI is InChI=1S/C57H44N4/c1-57(2)47-35-39(60(37-19-7-5-8-20-37)38-21-9-6-10-22-38)33-34-46(47)54-43-26-12-11-23-40(43)53(36-48(54)57)61(51-31-17-27-44-41-24-13-15-29-49(41)58(3)55(44)51)52-32-18-28-45-42-25-14-16-30-50(42)59(4)56(45)52/h5-36H,1-4H3. The Morgan fingerprint density at radius 1 is 0.361 bits per heavy atom. The molecule has 2 aromatic heterocycles. The first kappa shape index (κ1) is 35.4. The van der Waals surface area contributed by atoms with E-state index < -0.39 is 0 Å². The maximum atomic E-state index is 2.57. The molecule has 2 heterocycles. The molecule has 0 unspecified atom stereocenters. The van der Waals surface area contributed by atoms with Crippen molar-refractivity contribution in [1.29, 1.82) is 0 Å². The van der Waals surface area contributed by atoms with E-state index in [1.165, 1.54) is 82.3 Å². The number of para-hydroxylation sites is 6. The molecule has 292 valence electrons. The number of aryl methyl sites for hydroxylation is 2. The maximum absolute atomic E-state index is 2.57. The SMILES string of the molecule is Cn1c2ccccc2c2cccc(N(c3cc4c(c5ccccc35)-c3ccc(N(c5ccccc5)c5ccccc5)cc3C4(C)C)c3cccc4c5ccccc5n(C)c34)c21. The highest BCUT2D eigenvalue weighted by molar-refractivity contribution is 6.19. The number of fused-ring (bicyclic) bond motifs is 11. The average Bonchev–Trinajstić information content (AvgIpc) is 3.86. The fourth-order valence-corrected chi connectivity index (χ4v) is 10.7. The molecule has 0 N–H and O–H groups in total. The van der Waals surface area contributed by atoms with Gasteiger partial charge in [-0.3, -0.25) is 0 Å². The summed E-state index contributed by atoms with van der Waals surface area (Å²) in [5, 5.41) is 7.49. The monoisotopic (exact) mass is 784 g/mol. The van der Waals surface area contributed by atoms with Gasteiger partial charge in [0.2, 0.25) is 0 Å². The Morgan fingerprint density at radius 2 is 0.836 bits per heavy atom. The van der Waals surface area contributed by atoms with Crippen LogP contribution in [0.1, 0.15) is 25.0 Å². The first-order valence-corrected chi connectivity index (χ1v) is 21.2. The molecule has 0 saturated heterocycles. The highest BCUT2D eigenvalue weighted by Gasteiger charge is 2.39. The Labute approximate surface area is 355 Å². The van der Waals surface area contributed by atoms with Gasteiger partial charge < -0.3 is 18.9 Å². The van der Waals surface area contributed by atoms with Gasteiger partial charge in [0.15, 0.2) is 0 Å². The van der Waals surface area contributed by atoms with Crippen LogP contribution in [0.2, 0.25) is 0 Å². The number of anilines is 6. The van der Waals surface area contributed by atoms with Gasteiger partial charge in [0, 0.05) is 74.5 Å². The van der Waals surface area contributed by atoms with Crippen molar-refractivity contribution in [1.82, 2.24) is 9.13 Å². The van der Waals surface area contributed by atoms with E-state index in [1.807, 2.05) is 0 Å². The minimum atomic E-state index is -0.304. The topological polar surface area (TPSA) is 16.3 Å². The van der Waals surface area contributed by atoms with E-state index in [4.69, 9.17) is 0 Å². The van der Waals surface area contributed by atoms with Gasteiger partial charge in [0.25, 0.3) is 0 Å². The van der Waals surface area contributed by atoms with Crippen LogP contribution in [-0.4, -0.2) is 9.13 Å². The van der Waals surface area contributed by atoms with Crippen LogP contribution in [0.5, 0.6) is 0 Å². The summed E-state index contributed by atoms with van der Waals surface area (Å²) in [4.78, 5) is 4.95. The van der Waals surface area contributed by atoms with Crippen LogP contribution in [0.3, 0.4) is 0 Å². The third-order valence-corrected chi connectivity index (χ3v) is 13.5. The second-order valence-electron chi connectivity index (χ2n) is 17.1. The Hall–Kier alpha value is -7.56.